The Morgan fingerprint density at radius 1 is 1.40 bits per heavy atom. The maximum Gasteiger partial charge on any atom is 0.335 e. The van der Waals surface area contributed by atoms with Gasteiger partial charge in [0.05, 0.1) is 5.56 Å². The number of carbonyl (C=O) groups is 1. The molecule has 0 aromatic heterocycles. The van der Waals surface area contributed by atoms with Crippen molar-refractivity contribution in [3.05, 3.63) is 29.8 Å². The second-order valence-electron chi connectivity index (χ2n) is 3.38. The van der Waals surface area contributed by atoms with Gasteiger partial charge in [-0.15, -0.1) is 0 Å². The molecule has 0 saturated carbocycles. The van der Waals surface area contributed by atoms with Crippen molar-refractivity contribution in [3.8, 4) is 0 Å². The molecule has 1 aromatic rings. The molecule has 15 heavy (non-hydrogen) atoms. The molecule has 0 atom stereocenters. The number of carboxylic acid groups (broad SMARTS) is 1. The molecule has 0 fully saturated rings. The molecule has 0 aliphatic rings. The van der Waals surface area contributed by atoms with Gasteiger partial charge in [-0.3, -0.25) is 0 Å². The lowest BCUT2D eigenvalue weighted by Gasteiger charge is -2.18. The number of carboxylic acids is 1. The van der Waals surface area contributed by atoms with E-state index in [0.717, 1.165) is 17.6 Å². The minimum atomic E-state index is -1.53. The molecule has 0 saturated heterocycles. The third-order valence-corrected chi connectivity index (χ3v) is 8.03. The first kappa shape index (κ1) is 12.4. The Morgan fingerprint density at radius 3 is 2.47 bits per heavy atom. The van der Waals surface area contributed by atoms with Gasteiger partial charge in [0.15, 0.2) is 0 Å². The van der Waals surface area contributed by atoms with E-state index in [-0.39, 0.29) is 0 Å². The van der Waals surface area contributed by atoms with Crippen LogP contribution in [0, 0.1) is 0 Å². The molecule has 0 radical (unpaired) electrons. The zero-order valence-electron chi connectivity index (χ0n) is 8.93. The first-order valence-corrected chi connectivity index (χ1v) is 8.12. The van der Waals surface area contributed by atoms with Crippen molar-refractivity contribution in [2.75, 3.05) is 12.3 Å². The fourth-order valence-corrected chi connectivity index (χ4v) is 3.73. The van der Waals surface area contributed by atoms with Crippen molar-refractivity contribution in [3.63, 3.8) is 0 Å². The molecule has 4 heteroatoms. The summed E-state index contributed by atoms with van der Waals surface area (Å²) >= 11 is 5.64. The van der Waals surface area contributed by atoms with Gasteiger partial charge < -0.3 is 5.11 Å². The van der Waals surface area contributed by atoms with Gasteiger partial charge in [0, 0.05) is 0 Å². The van der Waals surface area contributed by atoms with Crippen LogP contribution in [0.2, 0.25) is 0 Å². The van der Waals surface area contributed by atoms with Crippen molar-refractivity contribution < 1.29 is 9.90 Å². The fraction of sp³-hybridized carbons (Fsp3) is 0.364. The highest BCUT2D eigenvalue weighted by atomic mass is 32.4. The van der Waals surface area contributed by atoms with Crippen molar-refractivity contribution in [2.24, 2.45) is 0 Å². The number of hydrogen-bond donors (Lipinski definition) is 1. The summed E-state index contributed by atoms with van der Waals surface area (Å²) in [6.07, 6.45) is 1.89. The average Bonchev–Trinajstić information content (AvgIpc) is 2.28. The highest BCUT2D eigenvalue weighted by Gasteiger charge is 2.16. The van der Waals surface area contributed by atoms with E-state index in [0.29, 0.717) is 5.56 Å². The van der Waals surface area contributed by atoms with Crippen molar-refractivity contribution in [1.82, 2.24) is 0 Å². The lowest BCUT2D eigenvalue weighted by molar-refractivity contribution is 0.0697. The van der Waals surface area contributed by atoms with Crippen LogP contribution in [0.3, 0.4) is 0 Å². The predicted octanol–water partition coefficient (Wildman–Crippen LogP) is 2.53. The van der Waals surface area contributed by atoms with Gasteiger partial charge in [-0.1, -0.05) is 37.8 Å². The minimum absolute atomic E-state index is 0.337. The van der Waals surface area contributed by atoms with E-state index in [1.165, 1.54) is 0 Å². The summed E-state index contributed by atoms with van der Waals surface area (Å²) in [6.45, 7) is 4.16. The summed E-state index contributed by atoms with van der Waals surface area (Å²) in [5.41, 5.74) is 0.337. The molecule has 2 nitrogen and oxygen atoms in total. The summed E-state index contributed by atoms with van der Waals surface area (Å²) in [6, 6.07) is 5.55. The number of rotatable bonds is 4. The summed E-state index contributed by atoms with van der Waals surface area (Å²) < 4.78 is 0. The Kier molecular flexibility index (Phi) is 4.06. The van der Waals surface area contributed by atoms with Crippen LogP contribution >= 0.6 is 6.04 Å². The molecule has 0 heterocycles. The SMILES string of the molecule is CCP(=S)(CC)c1cccc(C(=O)O)c1. The Balaban J connectivity index is 3.21. The Hall–Kier alpha value is -0.660. The lowest BCUT2D eigenvalue weighted by atomic mass is 10.2. The van der Waals surface area contributed by atoms with Crippen LogP contribution in [0.25, 0.3) is 0 Å². The van der Waals surface area contributed by atoms with E-state index in [4.69, 9.17) is 16.9 Å². The zero-order chi connectivity index (χ0) is 11.5. The van der Waals surface area contributed by atoms with Crippen molar-refractivity contribution in [2.45, 2.75) is 13.8 Å². The zero-order valence-corrected chi connectivity index (χ0v) is 10.6. The van der Waals surface area contributed by atoms with E-state index < -0.39 is 12.0 Å². The van der Waals surface area contributed by atoms with E-state index in [1.807, 2.05) is 6.07 Å². The van der Waals surface area contributed by atoms with E-state index in [1.54, 1.807) is 18.2 Å². The number of aromatic carboxylic acids is 1. The van der Waals surface area contributed by atoms with Crippen LogP contribution in [0.4, 0.5) is 0 Å². The summed E-state index contributed by atoms with van der Waals surface area (Å²) in [5, 5.41) is 9.94. The standard InChI is InChI=1S/C11H15O2PS/c1-3-14(15,4-2)10-7-5-6-9(8-10)11(12)13/h5-8H,3-4H2,1-2H3,(H,12,13). The second-order valence-corrected chi connectivity index (χ2v) is 9.03. The normalized spacial score (nSPS) is 11.3. The molecule has 0 unspecified atom stereocenters. The van der Waals surface area contributed by atoms with Crippen LogP contribution in [0.15, 0.2) is 24.3 Å². The lowest BCUT2D eigenvalue weighted by Crippen LogP contribution is -2.10. The monoisotopic (exact) mass is 242 g/mol. The van der Waals surface area contributed by atoms with Gasteiger partial charge in [0.25, 0.3) is 0 Å². The molecule has 0 aliphatic carbocycles. The van der Waals surface area contributed by atoms with Crippen LogP contribution in [0.5, 0.6) is 0 Å². The van der Waals surface area contributed by atoms with E-state index in [2.05, 4.69) is 13.8 Å². The molecule has 0 bridgehead atoms. The third-order valence-electron chi connectivity index (χ3n) is 2.59. The number of hydrogen-bond acceptors (Lipinski definition) is 2. The largest absolute Gasteiger partial charge is 0.478 e. The Morgan fingerprint density at radius 2 is 2.00 bits per heavy atom. The van der Waals surface area contributed by atoms with Crippen LogP contribution in [0.1, 0.15) is 24.2 Å². The molecule has 1 rings (SSSR count). The highest BCUT2D eigenvalue weighted by Crippen LogP contribution is 2.43. The van der Waals surface area contributed by atoms with Gasteiger partial charge in [-0.25, -0.2) is 4.79 Å². The molecule has 1 N–H and O–H groups in total. The maximum atomic E-state index is 10.8. The molecule has 0 amide bonds. The third kappa shape index (κ3) is 2.67. The Bertz CT molecular complexity index is 407. The van der Waals surface area contributed by atoms with Crippen LogP contribution < -0.4 is 5.30 Å². The predicted molar refractivity (Wildman–Crippen MR) is 68.4 cm³/mol. The summed E-state index contributed by atoms with van der Waals surface area (Å²) in [7, 11) is 0. The van der Waals surface area contributed by atoms with Gasteiger partial charge >= 0.3 is 5.97 Å². The highest BCUT2D eigenvalue weighted by molar-refractivity contribution is 8.18. The molecular weight excluding hydrogens is 227 g/mol. The van der Waals surface area contributed by atoms with Gasteiger partial charge in [-0.05, 0) is 35.8 Å². The first-order valence-electron chi connectivity index (χ1n) is 4.95. The Labute approximate surface area is 95.3 Å². The van der Waals surface area contributed by atoms with Gasteiger partial charge in [-0.2, -0.15) is 0 Å². The second kappa shape index (κ2) is 4.91. The van der Waals surface area contributed by atoms with Crippen LogP contribution in [-0.4, -0.2) is 23.4 Å². The van der Waals surface area contributed by atoms with E-state index in [9.17, 15) is 4.79 Å². The van der Waals surface area contributed by atoms with E-state index >= 15 is 0 Å². The quantitative estimate of drug-likeness (QED) is 0.824. The first-order chi connectivity index (χ1) is 7.03. The maximum absolute atomic E-state index is 10.8. The molecule has 82 valence electrons. The fourth-order valence-electron chi connectivity index (χ4n) is 1.48. The molecule has 0 spiro atoms. The average molecular weight is 242 g/mol. The smallest absolute Gasteiger partial charge is 0.335 e. The topological polar surface area (TPSA) is 37.3 Å². The minimum Gasteiger partial charge on any atom is -0.478 e. The van der Waals surface area contributed by atoms with Crippen molar-refractivity contribution >= 4 is 29.1 Å². The van der Waals surface area contributed by atoms with Crippen LogP contribution in [-0.2, 0) is 11.8 Å². The molecule has 0 aliphatic heterocycles. The molecular formula is C11H15O2PS. The summed E-state index contributed by atoms with van der Waals surface area (Å²) in [4.78, 5) is 10.8. The summed E-state index contributed by atoms with van der Waals surface area (Å²) in [5.74, 6) is -0.884. The van der Waals surface area contributed by atoms with Gasteiger partial charge in [0.2, 0.25) is 0 Å². The van der Waals surface area contributed by atoms with Crippen molar-refractivity contribution in [1.29, 1.82) is 0 Å². The number of benzene rings is 1. The van der Waals surface area contributed by atoms with Gasteiger partial charge in [0.1, 0.15) is 0 Å². The molecule has 1 aromatic carbocycles.